The van der Waals surface area contributed by atoms with Gasteiger partial charge in [0.05, 0.1) is 5.02 Å². The second-order valence-corrected chi connectivity index (χ2v) is 7.53. The molecule has 0 aromatic heterocycles. The van der Waals surface area contributed by atoms with Gasteiger partial charge < -0.3 is 5.73 Å². The van der Waals surface area contributed by atoms with Crippen molar-refractivity contribution in [1.29, 1.82) is 0 Å². The van der Waals surface area contributed by atoms with Crippen LogP contribution >= 0.6 is 23.2 Å². The van der Waals surface area contributed by atoms with Crippen LogP contribution in [0.2, 0.25) is 10.0 Å². The minimum absolute atomic E-state index is 0.0521. The van der Waals surface area contributed by atoms with Crippen LogP contribution in [0.1, 0.15) is 19.8 Å². The highest BCUT2D eigenvalue weighted by molar-refractivity contribution is 7.89. The van der Waals surface area contributed by atoms with Crippen LogP contribution in [0.4, 0.5) is 0 Å². The molecule has 0 amide bonds. The van der Waals surface area contributed by atoms with Gasteiger partial charge in [0.25, 0.3) is 0 Å². The van der Waals surface area contributed by atoms with Gasteiger partial charge in [-0.3, -0.25) is 0 Å². The molecule has 0 spiro atoms. The van der Waals surface area contributed by atoms with Crippen molar-refractivity contribution in [3.8, 4) is 0 Å². The van der Waals surface area contributed by atoms with Gasteiger partial charge in [0.1, 0.15) is 4.90 Å². The Morgan fingerprint density at radius 2 is 2.05 bits per heavy atom. The van der Waals surface area contributed by atoms with Gasteiger partial charge in [-0.25, -0.2) is 8.42 Å². The molecule has 1 aliphatic rings. The summed E-state index contributed by atoms with van der Waals surface area (Å²) in [5.74, 6) is 0. The summed E-state index contributed by atoms with van der Waals surface area (Å²) < 4.78 is 26.7. The van der Waals surface area contributed by atoms with Gasteiger partial charge in [-0.2, -0.15) is 4.31 Å². The molecule has 4 nitrogen and oxygen atoms in total. The van der Waals surface area contributed by atoms with Gasteiger partial charge in [0, 0.05) is 23.7 Å². The molecule has 2 N–H and O–H groups in total. The number of halogens is 2. The van der Waals surface area contributed by atoms with Crippen molar-refractivity contribution >= 4 is 33.2 Å². The molecule has 2 atom stereocenters. The maximum atomic E-state index is 12.6. The molecule has 0 saturated carbocycles. The number of hydrogen-bond acceptors (Lipinski definition) is 3. The topological polar surface area (TPSA) is 63.4 Å². The van der Waals surface area contributed by atoms with E-state index in [2.05, 4.69) is 0 Å². The van der Waals surface area contributed by atoms with E-state index >= 15 is 0 Å². The predicted molar refractivity (Wildman–Crippen MR) is 77.0 cm³/mol. The lowest BCUT2D eigenvalue weighted by Gasteiger charge is -2.35. The summed E-state index contributed by atoms with van der Waals surface area (Å²) in [6, 6.07) is 4.37. The lowest BCUT2D eigenvalue weighted by atomic mass is 10.0. The Hall–Kier alpha value is -0.330. The van der Waals surface area contributed by atoms with Crippen LogP contribution in [0.15, 0.2) is 23.1 Å². The molecule has 7 heteroatoms. The number of benzene rings is 1. The lowest BCUT2D eigenvalue weighted by Crippen LogP contribution is -2.48. The predicted octanol–water partition coefficient (Wildman–Crippen LogP) is 2.49. The van der Waals surface area contributed by atoms with E-state index in [4.69, 9.17) is 28.9 Å². The van der Waals surface area contributed by atoms with Crippen LogP contribution in [-0.4, -0.2) is 31.4 Å². The first-order valence-electron chi connectivity index (χ1n) is 6.05. The number of nitrogens with two attached hydrogens (primary N) is 1. The fourth-order valence-electron chi connectivity index (χ4n) is 2.35. The molecule has 0 aliphatic carbocycles. The smallest absolute Gasteiger partial charge is 0.244 e. The molecule has 1 heterocycles. The van der Waals surface area contributed by atoms with Crippen molar-refractivity contribution in [3.05, 3.63) is 28.2 Å². The summed E-state index contributed by atoms with van der Waals surface area (Å²) in [6.07, 6.45) is 1.30. The molecular formula is C12H16Cl2N2O2S. The molecule has 1 aromatic carbocycles. The Bertz CT molecular complexity index is 577. The third kappa shape index (κ3) is 3.06. The van der Waals surface area contributed by atoms with Crippen LogP contribution in [0.5, 0.6) is 0 Å². The molecule has 1 saturated heterocycles. The van der Waals surface area contributed by atoms with Crippen LogP contribution < -0.4 is 5.73 Å². The molecule has 19 heavy (non-hydrogen) atoms. The Morgan fingerprint density at radius 1 is 1.37 bits per heavy atom. The quantitative estimate of drug-likeness (QED) is 0.909. The standard InChI is InChI=1S/C12H16Cl2N2O2S/c1-8-6-10(15)4-5-16(8)19(17,18)12-7-9(13)2-3-11(12)14/h2-3,7-8,10H,4-6,15H2,1H3/t8-,10+/m0/s1. The van der Waals surface area contributed by atoms with E-state index in [0.717, 1.165) is 0 Å². The largest absolute Gasteiger partial charge is 0.328 e. The molecule has 106 valence electrons. The van der Waals surface area contributed by atoms with Crippen LogP contribution in [-0.2, 0) is 10.0 Å². The zero-order chi connectivity index (χ0) is 14.2. The third-order valence-electron chi connectivity index (χ3n) is 3.34. The van der Waals surface area contributed by atoms with E-state index in [1.54, 1.807) is 6.07 Å². The van der Waals surface area contributed by atoms with Gasteiger partial charge in [-0.1, -0.05) is 23.2 Å². The van der Waals surface area contributed by atoms with Gasteiger partial charge in [-0.15, -0.1) is 0 Å². The molecule has 2 rings (SSSR count). The minimum atomic E-state index is -3.63. The lowest BCUT2D eigenvalue weighted by molar-refractivity contribution is 0.247. The average Bonchev–Trinajstić information content (AvgIpc) is 2.31. The summed E-state index contributed by atoms with van der Waals surface area (Å²) in [6.45, 7) is 2.27. The molecule has 0 radical (unpaired) electrons. The first-order chi connectivity index (χ1) is 8.82. The Kier molecular flexibility index (Phi) is 4.42. The monoisotopic (exact) mass is 322 g/mol. The van der Waals surface area contributed by atoms with Crippen molar-refractivity contribution < 1.29 is 8.42 Å². The van der Waals surface area contributed by atoms with Gasteiger partial charge in [0.15, 0.2) is 0 Å². The SMILES string of the molecule is C[C@H]1C[C@H](N)CCN1S(=O)(=O)c1cc(Cl)ccc1Cl. The highest BCUT2D eigenvalue weighted by atomic mass is 35.5. The number of piperidine rings is 1. The summed E-state index contributed by atoms with van der Waals surface area (Å²) >= 11 is 11.8. The van der Waals surface area contributed by atoms with Crippen molar-refractivity contribution in [2.75, 3.05) is 6.54 Å². The number of rotatable bonds is 2. The third-order valence-corrected chi connectivity index (χ3v) is 6.07. The minimum Gasteiger partial charge on any atom is -0.328 e. The highest BCUT2D eigenvalue weighted by Gasteiger charge is 2.34. The van der Waals surface area contributed by atoms with Gasteiger partial charge in [0.2, 0.25) is 10.0 Å². The number of hydrogen-bond donors (Lipinski definition) is 1. The first kappa shape index (κ1) is 15.1. The van der Waals surface area contributed by atoms with Crippen molar-refractivity contribution in [2.45, 2.75) is 36.7 Å². The second kappa shape index (κ2) is 5.58. The maximum absolute atomic E-state index is 12.6. The van der Waals surface area contributed by atoms with Crippen LogP contribution in [0, 0.1) is 0 Å². The number of nitrogens with zero attached hydrogens (tertiary/aromatic N) is 1. The Balaban J connectivity index is 2.39. The van der Waals surface area contributed by atoms with E-state index in [1.165, 1.54) is 16.4 Å². The number of sulfonamides is 1. The fourth-order valence-corrected chi connectivity index (χ4v) is 4.74. The van der Waals surface area contributed by atoms with Gasteiger partial charge >= 0.3 is 0 Å². The van der Waals surface area contributed by atoms with E-state index in [-0.39, 0.29) is 22.0 Å². The van der Waals surface area contributed by atoms with Crippen LogP contribution in [0.3, 0.4) is 0 Å². The summed E-state index contributed by atoms with van der Waals surface area (Å²) in [4.78, 5) is 0.0592. The zero-order valence-corrected chi connectivity index (χ0v) is 12.8. The van der Waals surface area contributed by atoms with E-state index in [9.17, 15) is 8.42 Å². The van der Waals surface area contributed by atoms with Crippen molar-refractivity contribution in [3.63, 3.8) is 0 Å². The Labute approximate surface area is 123 Å². The summed E-state index contributed by atoms with van der Waals surface area (Å²) in [5.41, 5.74) is 5.85. The van der Waals surface area contributed by atoms with Crippen molar-refractivity contribution in [1.82, 2.24) is 4.31 Å². The summed E-state index contributed by atoms with van der Waals surface area (Å²) in [5, 5.41) is 0.538. The Morgan fingerprint density at radius 3 is 2.68 bits per heavy atom. The summed E-state index contributed by atoms with van der Waals surface area (Å²) in [7, 11) is -3.63. The van der Waals surface area contributed by atoms with Crippen molar-refractivity contribution in [2.24, 2.45) is 5.73 Å². The van der Waals surface area contributed by atoms with Crippen LogP contribution in [0.25, 0.3) is 0 Å². The maximum Gasteiger partial charge on any atom is 0.244 e. The van der Waals surface area contributed by atoms with E-state index < -0.39 is 10.0 Å². The molecule has 1 fully saturated rings. The molecular weight excluding hydrogens is 307 g/mol. The molecule has 0 bridgehead atoms. The molecule has 1 aromatic rings. The van der Waals surface area contributed by atoms with E-state index in [0.29, 0.717) is 24.4 Å². The fraction of sp³-hybridized carbons (Fsp3) is 0.500. The normalized spacial score (nSPS) is 25.5. The average molecular weight is 323 g/mol. The van der Waals surface area contributed by atoms with E-state index in [1.807, 2.05) is 6.92 Å². The molecule has 0 unspecified atom stereocenters. The second-order valence-electron chi connectivity index (χ2n) is 4.82. The highest BCUT2D eigenvalue weighted by Crippen LogP contribution is 2.31. The first-order valence-corrected chi connectivity index (χ1v) is 8.24. The zero-order valence-electron chi connectivity index (χ0n) is 10.5. The molecule has 1 aliphatic heterocycles. The van der Waals surface area contributed by atoms with Gasteiger partial charge in [-0.05, 0) is 38.0 Å².